The maximum atomic E-state index is 11.4. The van der Waals surface area contributed by atoms with Crippen LogP contribution in [0.15, 0.2) is 48.8 Å². The molecule has 7 heteroatoms. The van der Waals surface area contributed by atoms with Gasteiger partial charge in [-0.15, -0.1) is 15.3 Å². The Hall–Kier alpha value is -2.96. The number of hydrogen-bond acceptors (Lipinski definition) is 4. The Bertz CT molecular complexity index is 725. The monoisotopic (exact) mass is 255 g/mol. The zero-order valence-electron chi connectivity index (χ0n) is 9.71. The van der Waals surface area contributed by atoms with Crippen LogP contribution in [0.1, 0.15) is 0 Å². The molecule has 1 amide bonds. The van der Waals surface area contributed by atoms with Crippen molar-refractivity contribution in [3.05, 3.63) is 48.8 Å². The molecule has 1 aromatic carbocycles. The second-order valence-electron chi connectivity index (χ2n) is 3.78. The molecular weight excluding hydrogens is 246 g/mol. The Kier molecular flexibility index (Phi) is 2.57. The van der Waals surface area contributed by atoms with E-state index >= 15 is 0 Å². The summed E-state index contributed by atoms with van der Waals surface area (Å²) in [6, 6.07) is 12.0. The maximum absolute atomic E-state index is 11.4. The van der Waals surface area contributed by atoms with E-state index in [4.69, 9.17) is 0 Å². The Labute approximate surface area is 107 Å². The normalized spacial score (nSPS) is 10.5. The van der Waals surface area contributed by atoms with Gasteiger partial charge in [-0.3, -0.25) is 0 Å². The van der Waals surface area contributed by atoms with E-state index < -0.39 is 6.09 Å². The minimum absolute atomic E-state index is 0.283. The van der Waals surface area contributed by atoms with Crippen LogP contribution >= 0.6 is 0 Å². The van der Waals surface area contributed by atoms with Crippen molar-refractivity contribution in [1.82, 2.24) is 19.8 Å². The highest BCUT2D eigenvalue weighted by Gasteiger charge is 2.18. The second kappa shape index (κ2) is 4.37. The van der Waals surface area contributed by atoms with Gasteiger partial charge in [-0.2, -0.15) is 4.52 Å². The van der Waals surface area contributed by atoms with Gasteiger partial charge in [0.15, 0.2) is 11.5 Å². The van der Waals surface area contributed by atoms with Gasteiger partial charge in [-0.05, 0) is 24.3 Å². The fraction of sp³-hybridized carbons (Fsp3) is 0. The molecule has 0 fully saturated rings. The fourth-order valence-electron chi connectivity index (χ4n) is 1.76. The van der Waals surface area contributed by atoms with E-state index in [-0.39, 0.29) is 5.82 Å². The molecule has 19 heavy (non-hydrogen) atoms. The van der Waals surface area contributed by atoms with Crippen LogP contribution in [-0.2, 0) is 0 Å². The first-order valence-electron chi connectivity index (χ1n) is 5.51. The van der Waals surface area contributed by atoms with E-state index in [9.17, 15) is 9.90 Å². The molecule has 0 bridgehead atoms. The maximum Gasteiger partial charge on any atom is 0.417 e. The molecule has 0 aliphatic heterocycles. The number of benzene rings is 1. The standard InChI is InChI=1S/C12H9N5O2/c18-12(19)17(9-4-2-1-3-5-9)11-7-6-10-14-13-8-16(10)15-11/h1-8H,(H,18,19). The van der Waals surface area contributed by atoms with Crippen molar-refractivity contribution < 1.29 is 9.90 Å². The highest BCUT2D eigenvalue weighted by atomic mass is 16.4. The molecule has 3 aromatic rings. The highest BCUT2D eigenvalue weighted by Crippen LogP contribution is 2.23. The van der Waals surface area contributed by atoms with Crippen molar-refractivity contribution in [3.63, 3.8) is 0 Å². The summed E-state index contributed by atoms with van der Waals surface area (Å²) in [4.78, 5) is 12.5. The van der Waals surface area contributed by atoms with Crippen molar-refractivity contribution in [3.8, 4) is 0 Å². The number of fused-ring (bicyclic) bond motifs is 1. The molecule has 0 aliphatic rings. The van der Waals surface area contributed by atoms with Crippen LogP contribution in [0.2, 0.25) is 0 Å². The van der Waals surface area contributed by atoms with Crippen LogP contribution in [0.5, 0.6) is 0 Å². The molecule has 0 radical (unpaired) electrons. The Morgan fingerprint density at radius 1 is 1.16 bits per heavy atom. The van der Waals surface area contributed by atoms with E-state index in [1.165, 1.54) is 10.8 Å². The number of carboxylic acid groups (broad SMARTS) is 1. The first-order valence-corrected chi connectivity index (χ1v) is 5.51. The molecule has 0 atom stereocenters. The second-order valence-corrected chi connectivity index (χ2v) is 3.78. The highest BCUT2D eigenvalue weighted by molar-refractivity contribution is 5.93. The summed E-state index contributed by atoms with van der Waals surface area (Å²) < 4.78 is 1.42. The minimum atomic E-state index is -1.11. The third-order valence-corrected chi connectivity index (χ3v) is 2.58. The van der Waals surface area contributed by atoms with Gasteiger partial charge >= 0.3 is 6.09 Å². The lowest BCUT2D eigenvalue weighted by atomic mass is 10.3. The summed E-state index contributed by atoms with van der Waals surface area (Å²) in [6.07, 6.45) is 0.315. The minimum Gasteiger partial charge on any atom is -0.464 e. The van der Waals surface area contributed by atoms with Crippen LogP contribution in [0, 0.1) is 0 Å². The predicted octanol–water partition coefficient (Wildman–Crippen LogP) is 1.94. The average molecular weight is 255 g/mol. The molecule has 2 heterocycles. The van der Waals surface area contributed by atoms with E-state index in [0.717, 1.165) is 4.90 Å². The van der Waals surface area contributed by atoms with E-state index in [2.05, 4.69) is 15.3 Å². The first kappa shape index (κ1) is 11.1. The van der Waals surface area contributed by atoms with Gasteiger partial charge in [0.25, 0.3) is 0 Å². The molecule has 2 aromatic heterocycles. The Balaban J connectivity index is 2.12. The van der Waals surface area contributed by atoms with Gasteiger partial charge in [0.1, 0.15) is 6.33 Å². The van der Waals surface area contributed by atoms with Crippen molar-refractivity contribution in [1.29, 1.82) is 0 Å². The van der Waals surface area contributed by atoms with Crippen molar-refractivity contribution in [2.75, 3.05) is 4.90 Å². The number of aromatic nitrogens is 4. The summed E-state index contributed by atoms with van der Waals surface area (Å²) in [5, 5.41) is 21.0. The van der Waals surface area contributed by atoms with Gasteiger partial charge in [-0.1, -0.05) is 18.2 Å². The summed E-state index contributed by atoms with van der Waals surface area (Å²) in [5.41, 5.74) is 1.08. The van der Waals surface area contributed by atoms with E-state index in [0.29, 0.717) is 11.3 Å². The SMILES string of the molecule is O=C(O)N(c1ccccc1)c1ccc2nncn2n1. The Morgan fingerprint density at radius 3 is 2.68 bits per heavy atom. The smallest absolute Gasteiger partial charge is 0.417 e. The van der Waals surface area contributed by atoms with E-state index in [1.807, 2.05) is 6.07 Å². The molecule has 1 N–H and O–H groups in total. The molecule has 0 spiro atoms. The van der Waals surface area contributed by atoms with Crippen LogP contribution in [0.4, 0.5) is 16.3 Å². The molecular formula is C12H9N5O2. The molecule has 7 nitrogen and oxygen atoms in total. The number of carbonyl (C=O) groups is 1. The van der Waals surface area contributed by atoms with Crippen LogP contribution in [0.3, 0.4) is 0 Å². The third kappa shape index (κ3) is 1.97. The van der Waals surface area contributed by atoms with Crippen molar-refractivity contribution >= 4 is 23.2 Å². The number of rotatable bonds is 2. The first-order chi connectivity index (χ1) is 9.25. The number of amides is 1. The fourth-order valence-corrected chi connectivity index (χ4v) is 1.76. The van der Waals surface area contributed by atoms with Crippen molar-refractivity contribution in [2.24, 2.45) is 0 Å². The van der Waals surface area contributed by atoms with Crippen molar-refractivity contribution in [2.45, 2.75) is 0 Å². The summed E-state index contributed by atoms with van der Waals surface area (Å²) >= 11 is 0. The molecule has 0 saturated heterocycles. The number of nitrogens with zero attached hydrogens (tertiary/aromatic N) is 5. The van der Waals surface area contributed by atoms with Gasteiger partial charge < -0.3 is 5.11 Å². The average Bonchev–Trinajstić information content (AvgIpc) is 2.87. The predicted molar refractivity (Wildman–Crippen MR) is 67.4 cm³/mol. The molecule has 0 aliphatic carbocycles. The zero-order chi connectivity index (χ0) is 13.2. The lowest BCUT2D eigenvalue weighted by Gasteiger charge is -2.17. The topological polar surface area (TPSA) is 83.6 Å². The summed E-state index contributed by atoms with van der Waals surface area (Å²) in [5.74, 6) is 0.283. The van der Waals surface area contributed by atoms with E-state index in [1.54, 1.807) is 36.4 Å². The van der Waals surface area contributed by atoms with Gasteiger partial charge in [0.2, 0.25) is 0 Å². The number of anilines is 2. The largest absolute Gasteiger partial charge is 0.464 e. The number of para-hydroxylation sites is 1. The quantitative estimate of drug-likeness (QED) is 0.756. The lowest BCUT2D eigenvalue weighted by molar-refractivity contribution is 0.204. The molecule has 94 valence electrons. The molecule has 0 unspecified atom stereocenters. The van der Waals surface area contributed by atoms with Gasteiger partial charge in [-0.25, -0.2) is 9.69 Å². The lowest BCUT2D eigenvalue weighted by Crippen LogP contribution is -2.25. The van der Waals surface area contributed by atoms with Crippen LogP contribution in [0.25, 0.3) is 5.65 Å². The zero-order valence-corrected chi connectivity index (χ0v) is 9.71. The third-order valence-electron chi connectivity index (χ3n) is 2.58. The molecule has 3 rings (SSSR count). The Morgan fingerprint density at radius 2 is 1.95 bits per heavy atom. The van der Waals surface area contributed by atoms with Gasteiger partial charge in [0, 0.05) is 0 Å². The van der Waals surface area contributed by atoms with Crippen LogP contribution in [-0.4, -0.2) is 31.0 Å². The van der Waals surface area contributed by atoms with Gasteiger partial charge in [0.05, 0.1) is 5.69 Å². The summed E-state index contributed by atoms with van der Waals surface area (Å²) in [7, 11) is 0. The number of hydrogen-bond donors (Lipinski definition) is 1. The molecule has 0 saturated carbocycles. The summed E-state index contributed by atoms with van der Waals surface area (Å²) in [6.45, 7) is 0. The van der Waals surface area contributed by atoms with Crippen LogP contribution < -0.4 is 4.90 Å².